The highest BCUT2D eigenvalue weighted by molar-refractivity contribution is 6.30. The molecule has 1 aliphatic heterocycles. The highest BCUT2D eigenvalue weighted by Gasteiger charge is 2.31. The standard InChI is InChI=1S/C14H20ClN3O/c1-9-11(15)17-13(10-4-5-10)18-12(9)16-8-14(2)6-3-7-19-14/h10H,3-8H2,1-2H3,(H,16,17,18). The van der Waals surface area contributed by atoms with Crippen LogP contribution >= 0.6 is 11.6 Å². The second-order valence-corrected chi connectivity index (χ2v) is 6.23. The van der Waals surface area contributed by atoms with Crippen LogP contribution in [0.3, 0.4) is 0 Å². The summed E-state index contributed by atoms with van der Waals surface area (Å²) >= 11 is 6.20. The van der Waals surface area contributed by atoms with Crippen molar-refractivity contribution in [2.45, 2.75) is 51.0 Å². The number of nitrogens with one attached hydrogen (secondary N) is 1. The van der Waals surface area contributed by atoms with Crippen molar-refractivity contribution < 1.29 is 4.74 Å². The van der Waals surface area contributed by atoms with E-state index in [0.29, 0.717) is 11.1 Å². The van der Waals surface area contributed by atoms with Crippen LogP contribution in [-0.2, 0) is 4.74 Å². The maximum absolute atomic E-state index is 6.20. The zero-order valence-corrected chi connectivity index (χ0v) is 12.3. The molecule has 1 atom stereocenters. The van der Waals surface area contributed by atoms with Gasteiger partial charge in [0.25, 0.3) is 0 Å². The van der Waals surface area contributed by atoms with Gasteiger partial charge in [0.1, 0.15) is 16.8 Å². The normalized spacial score (nSPS) is 26.7. The molecular formula is C14H20ClN3O. The van der Waals surface area contributed by atoms with E-state index in [0.717, 1.165) is 43.2 Å². The van der Waals surface area contributed by atoms with E-state index in [-0.39, 0.29) is 5.60 Å². The minimum atomic E-state index is -0.0798. The molecule has 2 heterocycles. The van der Waals surface area contributed by atoms with Crippen LogP contribution < -0.4 is 5.32 Å². The van der Waals surface area contributed by atoms with Gasteiger partial charge in [-0.3, -0.25) is 0 Å². The summed E-state index contributed by atoms with van der Waals surface area (Å²) in [6.45, 7) is 5.73. The zero-order valence-electron chi connectivity index (χ0n) is 11.5. The number of anilines is 1. The number of ether oxygens (including phenoxy) is 1. The summed E-state index contributed by atoms with van der Waals surface area (Å²) < 4.78 is 5.78. The van der Waals surface area contributed by atoms with Gasteiger partial charge in [-0.25, -0.2) is 9.97 Å². The van der Waals surface area contributed by atoms with Crippen LogP contribution in [0.2, 0.25) is 5.15 Å². The Morgan fingerprint density at radius 1 is 1.42 bits per heavy atom. The first-order valence-electron chi connectivity index (χ1n) is 6.99. The number of nitrogens with zero attached hydrogens (tertiary/aromatic N) is 2. The maximum atomic E-state index is 6.20. The molecule has 1 aromatic heterocycles. The van der Waals surface area contributed by atoms with Gasteiger partial charge in [0, 0.05) is 24.6 Å². The van der Waals surface area contributed by atoms with Crippen LogP contribution in [0.5, 0.6) is 0 Å². The molecule has 1 saturated carbocycles. The van der Waals surface area contributed by atoms with E-state index in [9.17, 15) is 0 Å². The van der Waals surface area contributed by atoms with Crippen molar-refractivity contribution in [3.05, 3.63) is 16.5 Å². The van der Waals surface area contributed by atoms with Gasteiger partial charge in [-0.2, -0.15) is 0 Å². The van der Waals surface area contributed by atoms with Crippen LogP contribution in [0.15, 0.2) is 0 Å². The number of halogens is 1. The summed E-state index contributed by atoms with van der Waals surface area (Å²) in [4.78, 5) is 9.00. The molecule has 0 amide bonds. The van der Waals surface area contributed by atoms with Crippen molar-refractivity contribution in [2.24, 2.45) is 0 Å². The van der Waals surface area contributed by atoms with Crippen molar-refractivity contribution in [3.63, 3.8) is 0 Å². The van der Waals surface area contributed by atoms with Gasteiger partial charge in [-0.1, -0.05) is 11.6 Å². The first-order chi connectivity index (χ1) is 9.07. The van der Waals surface area contributed by atoms with Crippen LogP contribution in [0.25, 0.3) is 0 Å². The van der Waals surface area contributed by atoms with Crippen molar-refractivity contribution >= 4 is 17.4 Å². The van der Waals surface area contributed by atoms with Crippen LogP contribution in [0.1, 0.15) is 49.9 Å². The molecule has 1 aromatic rings. The average Bonchev–Trinajstić information content (AvgIpc) is 3.14. The molecule has 0 bridgehead atoms. The van der Waals surface area contributed by atoms with Gasteiger partial charge in [-0.05, 0) is 39.5 Å². The molecule has 1 aliphatic carbocycles. The summed E-state index contributed by atoms with van der Waals surface area (Å²) in [6, 6.07) is 0. The molecule has 1 saturated heterocycles. The molecule has 4 nitrogen and oxygen atoms in total. The second kappa shape index (κ2) is 4.91. The second-order valence-electron chi connectivity index (χ2n) is 5.88. The molecule has 0 spiro atoms. The smallest absolute Gasteiger partial charge is 0.137 e. The van der Waals surface area contributed by atoms with Crippen LogP contribution in [0.4, 0.5) is 5.82 Å². The lowest BCUT2D eigenvalue weighted by molar-refractivity contribution is 0.0314. The molecule has 2 fully saturated rings. The number of hydrogen-bond donors (Lipinski definition) is 1. The summed E-state index contributed by atoms with van der Waals surface area (Å²) in [5.41, 5.74) is 0.844. The van der Waals surface area contributed by atoms with E-state index in [4.69, 9.17) is 16.3 Å². The van der Waals surface area contributed by atoms with Crippen molar-refractivity contribution in [2.75, 3.05) is 18.5 Å². The third-order valence-corrected chi connectivity index (χ3v) is 4.34. The molecule has 2 aliphatic rings. The highest BCUT2D eigenvalue weighted by atomic mass is 35.5. The van der Waals surface area contributed by atoms with Crippen LogP contribution in [0, 0.1) is 6.92 Å². The predicted octanol–water partition coefficient (Wildman–Crippen LogP) is 3.30. The topological polar surface area (TPSA) is 47.0 Å². The van der Waals surface area contributed by atoms with Gasteiger partial charge < -0.3 is 10.1 Å². The number of rotatable bonds is 4. The van der Waals surface area contributed by atoms with Gasteiger partial charge in [0.15, 0.2) is 0 Å². The third-order valence-electron chi connectivity index (χ3n) is 3.98. The Morgan fingerprint density at radius 3 is 2.84 bits per heavy atom. The Hall–Kier alpha value is -0.870. The number of hydrogen-bond acceptors (Lipinski definition) is 4. The van der Waals surface area contributed by atoms with E-state index in [1.807, 2.05) is 6.92 Å². The van der Waals surface area contributed by atoms with Gasteiger partial charge in [0.2, 0.25) is 0 Å². The summed E-state index contributed by atoms with van der Waals surface area (Å²) in [5, 5.41) is 3.97. The summed E-state index contributed by atoms with van der Waals surface area (Å²) in [5.74, 6) is 2.26. The Kier molecular flexibility index (Phi) is 3.39. The highest BCUT2D eigenvalue weighted by Crippen LogP contribution is 2.39. The van der Waals surface area contributed by atoms with E-state index >= 15 is 0 Å². The predicted molar refractivity (Wildman–Crippen MR) is 75.8 cm³/mol. The Bertz CT molecular complexity index is 482. The monoisotopic (exact) mass is 281 g/mol. The Morgan fingerprint density at radius 2 is 2.21 bits per heavy atom. The number of aromatic nitrogens is 2. The summed E-state index contributed by atoms with van der Waals surface area (Å²) in [6.07, 6.45) is 4.58. The first kappa shape index (κ1) is 13.1. The molecule has 0 aromatic carbocycles. The minimum absolute atomic E-state index is 0.0798. The Balaban J connectivity index is 1.75. The fourth-order valence-electron chi connectivity index (χ4n) is 2.45. The lowest BCUT2D eigenvalue weighted by Gasteiger charge is -2.24. The lowest BCUT2D eigenvalue weighted by Crippen LogP contribution is -2.33. The molecule has 104 valence electrons. The zero-order chi connectivity index (χ0) is 13.5. The maximum Gasteiger partial charge on any atom is 0.137 e. The van der Waals surface area contributed by atoms with Crippen LogP contribution in [-0.4, -0.2) is 28.7 Å². The molecular weight excluding hydrogens is 262 g/mol. The molecule has 3 rings (SSSR count). The third kappa shape index (κ3) is 2.84. The van der Waals surface area contributed by atoms with Gasteiger partial charge in [-0.15, -0.1) is 0 Å². The van der Waals surface area contributed by atoms with Crippen molar-refractivity contribution in [1.82, 2.24) is 9.97 Å². The molecule has 0 radical (unpaired) electrons. The molecule has 19 heavy (non-hydrogen) atoms. The Labute approximate surface area is 118 Å². The molecule has 1 unspecified atom stereocenters. The summed E-state index contributed by atoms with van der Waals surface area (Å²) in [7, 11) is 0. The van der Waals surface area contributed by atoms with Crippen molar-refractivity contribution in [3.8, 4) is 0 Å². The molecule has 5 heteroatoms. The van der Waals surface area contributed by atoms with Crippen molar-refractivity contribution in [1.29, 1.82) is 0 Å². The largest absolute Gasteiger partial charge is 0.373 e. The lowest BCUT2D eigenvalue weighted by atomic mass is 10.0. The fraction of sp³-hybridized carbons (Fsp3) is 0.714. The fourth-order valence-corrected chi connectivity index (χ4v) is 2.62. The minimum Gasteiger partial charge on any atom is -0.373 e. The quantitative estimate of drug-likeness (QED) is 0.860. The van der Waals surface area contributed by atoms with Gasteiger partial charge >= 0.3 is 0 Å². The van der Waals surface area contributed by atoms with E-state index in [2.05, 4.69) is 22.2 Å². The van der Waals surface area contributed by atoms with E-state index < -0.39 is 0 Å². The average molecular weight is 282 g/mol. The van der Waals surface area contributed by atoms with E-state index in [1.165, 1.54) is 12.8 Å². The SMILES string of the molecule is Cc1c(Cl)nc(C2CC2)nc1NCC1(C)CCCO1. The van der Waals surface area contributed by atoms with E-state index in [1.54, 1.807) is 0 Å². The first-order valence-corrected chi connectivity index (χ1v) is 7.37. The molecule has 1 N–H and O–H groups in total. The van der Waals surface area contributed by atoms with Gasteiger partial charge in [0.05, 0.1) is 5.60 Å².